The van der Waals surface area contributed by atoms with Crippen LogP contribution < -0.4 is 25.4 Å². The molecule has 0 radical (unpaired) electrons. The Morgan fingerprint density at radius 2 is 1.89 bits per heavy atom. The maximum atomic E-state index is 12.7. The van der Waals surface area contributed by atoms with Gasteiger partial charge >= 0.3 is 0 Å². The molecule has 0 spiro atoms. The molecule has 2 aromatic carbocycles. The topological polar surface area (TPSA) is 119 Å². The first-order valence-electron chi connectivity index (χ1n) is 12.1. The summed E-state index contributed by atoms with van der Waals surface area (Å²) in [6, 6.07) is 14.4. The van der Waals surface area contributed by atoms with Gasteiger partial charge in [0.05, 0.1) is 26.2 Å². The number of ether oxygens (including phenoxy) is 2. The average Bonchev–Trinajstić information content (AvgIpc) is 3.30. The Hall–Kier alpha value is -3.92. The molecule has 2 heterocycles. The molecule has 2 amide bonds. The van der Waals surface area contributed by atoms with Crippen molar-refractivity contribution in [3.8, 4) is 22.9 Å². The summed E-state index contributed by atoms with van der Waals surface area (Å²) in [7, 11) is 1.56. The van der Waals surface area contributed by atoms with Crippen LogP contribution in [0.2, 0.25) is 0 Å². The van der Waals surface area contributed by atoms with Crippen LogP contribution in [0.1, 0.15) is 36.1 Å². The molecule has 3 aromatic rings. The summed E-state index contributed by atoms with van der Waals surface area (Å²) in [6.07, 6.45) is 0. The van der Waals surface area contributed by atoms with Gasteiger partial charge in [-0.25, -0.2) is 9.67 Å². The van der Waals surface area contributed by atoms with Crippen molar-refractivity contribution < 1.29 is 19.1 Å². The highest BCUT2D eigenvalue weighted by molar-refractivity contribution is 5.94. The highest BCUT2D eigenvalue weighted by atomic mass is 16.5. The molecule has 0 unspecified atom stereocenters. The van der Waals surface area contributed by atoms with Crippen LogP contribution in [0.15, 0.2) is 48.5 Å². The van der Waals surface area contributed by atoms with Crippen LogP contribution in [0.25, 0.3) is 11.4 Å². The quantitative estimate of drug-likeness (QED) is 0.513. The van der Waals surface area contributed by atoms with Gasteiger partial charge in [0, 0.05) is 24.2 Å². The summed E-state index contributed by atoms with van der Waals surface area (Å²) >= 11 is 0. The molecule has 4 rings (SSSR count). The van der Waals surface area contributed by atoms with Crippen molar-refractivity contribution in [2.75, 3.05) is 33.4 Å². The number of methoxy groups -OCH3 is 1. The van der Waals surface area contributed by atoms with E-state index < -0.39 is 0 Å². The number of hydrogen-bond donors (Lipinski definition) is 3. The van der Waals surface area contributed by atoms with E-state index in [-0.39, 0.29) is 36.9 Å². The average molecular weight is 493 g/mol. The summed E-state index contributed by atoms with van der Waals surface area (Å²) in [4.78, 5) is 30.1. The summed E-state index contributed by atoms with van der Waals surface area (Å²) < 4.78 is 13.2. The van der Waals surface area contributed by atoms with E-state index in [0.717, 1.165) is 5.56 Å². The van der Waals surface area contributed by atoms with Crippen LogP contribution >= 0.6 is 0 Å². The minimum absolute atomic E-state index is 0.0691. The predicted octanol–water partition coefficient (Wildman–Crippen LogP) is 2.18. The predicted molar refractivity (Wildman–Crippen MR) is 135 cm³/mol. The van der Waals surface area contributed by atoms with Gasteiger partial charge in [0.1, 0.15) is 6.61 Å². The van der Waals surface area contributed by atoms with Crippen molar-refractivity contribution in [3.05, 3.63) is 59.9 Å². The van der Waals surface area contributed by atoms with E-state index in [0.29, 0.717) is 48.3 Å². The molecule has 36 heavy (non-hydrogen) atoms. The summed E-state index contributed by atoms with van der Waals surface area (Å²) in [5.41, 5.74) is 1.34. The second-order valence-electron chi connectivity index (χ2n) is 8.82. The minimum Gasteiger partial charge on any atom is -0.493 e. The highest BCUT2D eigenvalue weighted by Gasteiger charge is 2.26. The van der Waals surface area contributed by atoms with Gasteiger partial charge < -0.3 is 25.4 Å². The standard InChI is InChI=1S/C26H32N6O4/c1-17(2)23-25-30-24(18-7-5-4-6-8-18)31-32(25)13-14-36-21-15-19(9-10-20(21)35-3)26(34)28-12-11-27-16-22(33)29-23/h4-10,15,17,23,27H,11-14,16H2,1-3H3,(H,28,34)(H,29,33)/t23-/m1/s1. The fourth-order valence-corrected chi connectivity index (χ4v) is 3.95. The lowest BCUT2D eigenvalue weighted by Gasteiger charge is -2.22. The van der Waals surface area contributed by atoms with E-state index >= 15 is 0 Å². The normalized spacial score (nSPS) is 17.4. The first-order chi connectivity index (χ1) is 17.5. The number of nitrogens with zero attached hydrogens (tertiary/aromatic N) is 3. The Bertz CT molecular complexity index is 1190. The van der Waals surface area contributed by atoms with Gasteiger partial charge in [-0.1, -0.05) is 44.2 Å². The molecular weight excluding hydrogens is 460 g/mol. The Kier molecular flexibility index (Phi) is 8.17. The zero-order chi connectivity index (χ0) is 25.5. The molecule has 0 aliphatic carbocycles. The van der Waals surface area contributed by atoms with Crippen LogP contribution in [0, 0.1) is 5.92 Å². The summed E-state index contributed by atoms with van der Waals surface area (Å²) in [5.74, 6) is 1.90. The van der Waals surface area contributed by atoms with Crippen molar-refractivity contribution in [2.24, 2.45) is 5.92 Å². The van der Waals surface area contributed by atoms with Gasteiger partial charge in [-0.2, -0.15) is 5.10 Å². The van der Waals surface area contributed by atoms with E-state index in [1.807, 2.05) is 44.2 Å². The molecule has 190 valence electrons. The maximum absolute atomic E-state index is 12.7. The summed E-state index contributed by atoms with van der Waals surface area (Å²) in [5, 5.41) is 13.8. The molecule has 2 bridgehead atoms. The van der Waals surface area contributed by atoms with E-state index in [4.69, 9.17) is 19.6 Å². The molecular formula is C26H32N6O4. The van der Waals surface area contributed by atoms with Gasteiger partial charge in [0.2, 0.25) is 5.91 Å². The second-order valence-corrected chi connectivity index (χ2v) is 8.82. The first kappa shape index (κ1) is 25.2. The lowest BCUT2D eigenvalue weighted by Crippen LogP contribution is -2.41. The van der Waals surface area contributed by atoms with Crippen LogP contribution in [0.4, 0.5) is 0 Å². The zero-order valence-electron chi connectivity index (χ0n) is 20.8. The number of hydrogen-bond acceptors (Lipinski definition) is 7. The van der Waals surface area contributed by atoms with Crippen LogP contribution in [0.3, 0.4) is 0 Å². The maximum Gasteiger partial charge on any atom is 0.251 e. The molecule has 0 saturated carbocycles. The number of aromatic nitrogens is 3. The number of amides is 2. The molecule has 1 atom stereocenters. The van der Waals surface area contributed by atoms with Crippen molar-refractivity contribution >= 4 is 11.8 Å². The lowest BCUT2D eigenvalue weighted by molar-refractivity contribution is -0.121. The van der Waals surface area contributed by atoms with Crippen molar-refractivity contribution in [1.29, 1.82) is 0 Å². The van der Waals surface area contributed by atoms with Crippen molar-refractivity contribution in [3.63, 3.8) is 0 Å². The fraction of sp³-hybridized carbons (Fsp3) is 0.385. The molecule has 3 N–H and O–H groups in total. The molecule has 1 aliphatic rings. The van der Waals surface area contributed by atoms with Crippen molar-refractivity contribution in [1.82, 2.24) is 30.7 Å². The third kappa shape index (κ3) is 6.01. The van der Waals surface area contributed by atoms with Gasteiger partial charge in [-0.05, 0) is 24.1 Å². The van der Waals surface area contributed by atoms with Gasteiger partial charge in [0.15, 0.2) is 23.1 Å². The van der Waals surface area contributed by atoms with Gasteiger partial charge in [-0.15, -0.1) is 0 Å². The molecule has 0 saturated heterocycles. The third-order valence-corrected chi connectivity index (χ3v) is 5.85. The minimum atomic E-state index is -0.350. The number of carbonyl (C=O) groups is 2. The van der Waals surface area contributed by atoms with Gasteiger partial charge in [0.25, 0.3) is 5.91 Å². The van der Waals surface area contributed by atoms with E-state index in [1.165, 1.54) is 0 Å². The fourth-order valence-electron chi connectivity index (χ4n) is 3.95. The molecule has 10 nitrogen and oxygen atoms in total. The lowest BCUT2D eigenvalue weighted by atomic mass is 10.0. The van der Waals surface area contributed by atoms with Gasteiger partial charge in [-0.3, -0.25) is 9.59 Å². The number of nitrogens with one attached hydrogen (secondary N) is 3. The molecule has 10 heteroatoms. The van der Waals surface area contributed by atoms with E-state index in [9.17, 15) is 9.59 Å². The van der Waals surface area contributed by atoms with Crippen LogP contribution in [-0.4, -0.2) is 59.9 Å². The van der Waals surface area contributed by atoms with E-state index in [1.54, 1.807) is 30.0 Å². The second kappa shape index (κ2) is 11.7. The zero-order valence-corrected chi connectivity index (χ0v) is 20.8. The van der Waals surface area contributed by atoms with E-state index in [2.05, 4.69) is 16.0 Å². The largest absolute Gasteiger partial charge is 0.493 e. The Labute approximate surface area is 210 Å². The highest BCUT2D eigenvalue weighted by Crippen LogP contribution is 2.29. The molecule has 1 aromatic heterocycles. The Balaban J connectivity index is 1.69. The van der Waals surface area contributed by atoms with Crippen LogP contribution in [0.5, 0.6) is 11.5 Å². The van der Waals surface area contributed by atoms with Crippen molar-refractivity contribution in [2.45, 2.75) is 26.4 Å². The molecule has 0 fully saturated rings. The Morgan fingerprint density at radius 1 is 1.08 bits per heavy atom. The first-order valence-corrected chi connectivity index (χ1v) is 12.1. The smallest absolute Gasteiger partial charge is 0.251 e. The number of benzene rings is 2. The SMILES string of the molecule is COc1ccc2cc1OCCn1nc(-c3ccccc3)nc1[C@@H](C(C)C)NC(=O)CNCCNC2=O. The summed E-state index contributed by atoms with van der Waals surface area (Å²) in [6.45, 7) is 5.64. The number of rotatable bonds is 3. The third-order valence-electron chi connectivity index (χ3n) is 5.85. The monoisotopic (exact) mass is 492 g/mol. The Morgan fingerprint density at radius 3 is 2.64 bits per heavy atom. The van der Waals surface area contributed by atoms with Crippen LogP contribution in [-0.2, 0) is 11.3 Å². The molecule has 1 aliphatic heterocycles. The number of carbonyl (C=O) groups excluding carboxylic acids is 2. The number of fused-ring (bicyclic) bond motifs is 3.